The molecule has 3 aromatic heterocycles. The lowest BCUT2D eigenvalue weighted by Crippen LogP contribution is -2.15. The van der Waals surface area contributed by atoms with Crippen molar-refractivity contribution in [2.45, 2.75) is 33.8 Å². The molecule has 0 unspecified atom stereocenters. The van der Waals surface area contributed by atoms with E-state index in [4.69, 9.17) is 0 Å². The van der Waals surface area contributed by atoms with Gasteiger partial charge >= 0.3 is 6.61 Å². The van der Waals surface area contributed by atoms with E-state index in [-0.39, 0.29) is 18.1 Å². The Kier molecular flexibility index (Phi) is 5.59. The molecule has 1 amide bonds. The molecule has 31 heavy (non-hydrogen) atoms. The number of anilines is 1. The van der Waals surface area contributed by atoms with Crippen LogP contribution in [-0.4, -0.2) is 37.1 Å². The van der Waals surface area contributed by atoms with E-state index < -0.39 is 6.61 Å². The Morgan fingerprint density at radius 3 is 2.61 bits per heavy atom. The van der Waals surface area contributed by atoms with Gasteiger partial charge < -0.3 is 10.1 Å². The Morgan fingerprint density at radius 1 is 1.16 bits per heavy atom. The van der Waals surface area contributed by atoms with Crippen LogP contribution in [0.3, 0.4) is 0 Å². The van der Waals surface area contributed by atoms with Crippen molar-refractivity contribution in [1.82, 2.24) is 24.6 Å². The van der Waals surface area contributed by atoms with E-state index >= 15 is 0 Å². The number of amides is 1. The summed E-state index contributed by atoms with van der Waals surface area (Å²) >= 11 is 1.32. The number of carbonyl (C=O) groups is 1. The zero-order valence-corrected chi connectivity index (χ0v) is 17.7. The van der Waals surface area contributed by atoms with Crippen molar-refractivity contribution in [3.05, 3.63) is 52.4 Å². The smallest absolute Gasteiger partial charge is 0.387 e. The minimum absolute atomic E-state index is 0.0184. The molecule has 0 radical (unpaired) electrons. The second-order valence-corrected chi connectivity index (χ2v) is 8.03. The first-order chi connectivity index (χ1) is 14.8. The lowest BCUT2D eigenvalue weighted by Gasteiger charge is -2.05. The maximum Gasteiger partial charge on any atom is 0.387 e. The third kappa shape index (κ3) is 4.66. The van der Waals surface area contributed by atoms with Gasteiger partial charge in [-0.15, -0.1) is 16.4 Å². The fraction of sp³-hybridized carbons (Fsp3) is 0.250. The molecule has 0 spiro atoms. The molecule has 3 heterocycles. The Balaban J connectivity index is 1.46. The van der Waals surface area contributed by atoms with Gasteiger partial charge in [0.05, 0.1) is 12.1 Å². The number of nitrogens with one attached hydrogen (secondary N) is 1. The van der Waals surface area contributed by atoms with Crippen molar-refractivity contribution >= 4 is 28.2 Å². The highest BCUT2D eigenvalue weighted by atomic mass is 32.1. The molecule has 4 aromatic rings. The van der Waals surface area contributed by atoms with Crippen molar-refractivity contribution in [2.24, 2.45) is 0 Å². The van der Waals surface area contributed by atoms with Crippen molar-refractivity contribution in [1.29, 1.82) is 0 Å². The molecule has 1 N–H and O–H groups in total. The van der Waals surface area contributed by atoms with Crippen molar-refractivity contribution in [3.8, 4) is 17.0 Å². The molecule has 0 saturated carbocycles. The summed E-state index contributed by atoms with van der Waals surface area (Å²) in [7, 11) is 0. The van der Waals surface area contributed by atoms with E-state index in [1.165, 1.54) is 23.5 Å². The van der Waals surface area contributed by atoms with Gasteiger partial charge in [-0.1, -0.05) is 0 Å². The summed E-state index contributed by atoms with van der Waals surface area (Å²) in [5.74, 6) is 0.583. The number of rotatable bonds is 6. The lowest BCUT2D eigenvalue weighted by molar-refractivity contribution is -0.115. The standard InChI is InChI=1S/C20H18F2N6O2S/c1-10-8-11(2)28-19(23-10)24-15(27-28)9-16(29)25-20-26-17(12(3)31-20)13-4-6-14(7-5-13)30-18(21)22/h4-8,18H,9H2,1-3H3,(H,25,26,29). The van der Waals surface area contributed by atoms with Crippen LogP contribution in [0.15, 0.2) is 30.3 Å². The first-order valence-electron chi connectivity index (χ1n) is 9.31. The summed E-state index contributed by atoms with van der Waals surface area (Å²) in [6, 6.07) is 8.07. The molecule has 4 rings (SSSR count). The van der Waals surface area contributed by atoms with Crippen LogP contribution in [0.5, 0.6) is 5.75 Å². The van der Waals surface area contributed by atoms with Crippen molar-refractivity contribution in [3.63, 3.8) is 0 Å². The van der Waals surface area contributed by atoms with Gasteiger partial charge in [0.25, 0.3) is 5.78 Å². The third-order valence-electron chi connectivity index (χ3n) is 4.38. The summed E-state index contributed by atoms with van der Waals surface area (Å²) in [5, 5.41) is 7.53. The zero-order valence-electron chi connectivity index (χ0n) is 16.9. The lowest BCUT2D eigenvalue weighted by atomic mass is 10.1. The highest BCUT2D eigenvalue weighted by Crippen LogP contribution is 2.31. The van der Waals surface area contributed by atoms with E-state index in [2.05, 4.69) is 30.1 Å². The minimum Gasteiger partial charge on any atom is -0.435 e. The van der Waals surface area contributed by atoms with Gasteiger partial charge in [0, 0.05) is 21.8 Å². The van der Waals surface area contributed by atoms with Crippen LogP contribution in [0.2, 0.25) is 0 Å². The van der Waals surface area contributed by atoms with Gasteiger partial charge in [-0.05, 0) is 51.1 Å². The maximum atomic E-state index is 12.5. The summed E-state index contributed by atoms with van der Waals surface area (Å²) in [4.78, 5) is 26.4. The molecule has 0 fully saturated rings. The van der Waals surface area contributed by atoms with Crippen LogP contribution in [0.4, 0.5) is 13.9 Å². The van der Waals surface area contributed by atoms with Crippen molar-refractivity contribution in [2.75, 3.05) is 5.32 Å². The fourth-order valence-electron chi connectivity index (χ4n) is 3.10. The van der Waals surface area contributed by atoms with Gasteiger partial charge in [-0.25, -0.2) is 14.5 Å². The number of benzene rings is 1. The monoisotopic (exact) mass is 444 g/mol. The number of ether oxygens (including phenoxy) is 1. The van der Waals surface area contributed by atoms with E-state index in [0.717, 1.165) is 21.8 Å². The zero-order chi connectivity index (χ0) is 22.1. The van der Waals surface area contributed by atoms with Gasteiger partial charge in [0.1, 0.15) is 5.75 Å². The number of aromatic nitrogens is 5. The van der Waals surface area contributed by atoms with Gasteiger partial charge in [-0.3, -0.25) is 4.79 Å². The average Bonchev–Trinajstić information content (AvgIpc) is 3.24. The summed E-state index contributed by atoms with van der Waals surface area (Å²) in [6.45, 7) is 2.76. The molecule has 160 valence electrons. The quantitative estimate of drug-likeness (QED) is 0.484. The third-order valence-corrected chi connectivity index (χ3v) is 5.26. The van der Waals surface area contributed by atoms with Crippen LogP contribution < -0.4 is 10.1 Å². The topological polar surface area (TPSA) is 94.3 Å². The van der Waals surface area contributed by atoms with Crippen LogP contribution in [-0.2, 0) is 11.2 Å². The van der Waals surface area contributed by atoms with Gasteiger partial charge in [0.2, 0.25) is 5.91 Å². The number of nitrogens with zero attached hydrogens (tertiary/aromatic N) is 5. The summed E-state index contributed by atoms with van der Waals surface area (Å²) < 4.78 is 30.6. The number of carbonyl (C=O) groups excluding carboxylic acids is 1. The number of hydrogen-bond donors (Lipinski definition) is 1. The van der Waals surface area contributed by atoms with Gasteiger partial charge in [0.15, 0.2) is 11.0 Å². The SMILES string of the molecule is Cc1cc(C)n2nc(CC(=O)Nc3nc(-c4ccc(OC(F)F)cc4)c(C)s3)nc2n1. The Hall–Kier alpha value is -3.47. The molecule has 0 bridgehead atoms. The molecular weight excluding hydrogens is 426 g/mol. The highest BCUT2D eigenvalue weighted by Gasteiger charge is 2.16. The average molecular weight is 444 g/mol. The Morgan fingerprint density at radius 2 is 1.90 bits per heavy atom. The number of thiazole rings is 1. The van der Waals surface area contributed by atoms with E-state index in [9.17, 15) is 13.6 Å². The number of fused-ring (bicyclic) bond motifs is 1. The number of halogens is 2. The number of hydrogen-bond acceptors (Lipinski definition) is 7. The maximum absolute atomic E-state index is 12.5. The van der Waals surface area contributed by atoms with E-state index in [1.54, 1.807) is 16.6 Å². The molecular formula is C20H18F2N6O2S. The van der Waals surface area contributed by atoms with E-state index in [1.807, 2.05) is 26.8 Å². The molecule has 0 aliphatic rings. The molecule has 1 aromatic carbocycles. The summed E-state index contributed by atoms with van der Waals surface area (Å²) in [5.41, 5.74) is 3.10. The van der Waals surface area contributed by atoms with Crippen LogP contribution >= 0.6 is 11.3 Å². The van der Waals surface area contributed by atoms with E-state index in [0.29, 0.717) is 22.4 Å². The highest BCUT2D eigenvalue weighted by molar-refractivity contribution is 7.16. The fourth-order valence-corrected chi connectivity index (χ4v) is 3.95. The normalized spacial score (nSPS) is 11.3. The number of alkyl halides is 2. The molecule has 8 nitrogen and oxygen atoms in total. The summed E-state index contributed by atoms with van der Waals surface area (Å²) in [6.07, 6.45) is -0.0184. The van der Waals surface area contributed by atoms with Crippen LogP contribution in [0.25, 0.3) is 17.0 Å². The van der Waals surface area contributed by atoms with Crippen LogP contribution in [0, 0.1) is 20.8 Å². The minimum atomic E-state index is -2.88. The first-order valence-corrected chi connectivity index (χ1v) is 10.1. The molecule has 0 saturated heterocycles. The second-order valence-electron chi connectivity index (χ2n) is 6.83. The van der Waals surface area contributed by atoms with Crippen LogP contribution in [0.1, 0.15) is 22.1 Å². The first kappa shape index (κ1) is 20.8. The number of aryl methyl sites for hydroxylation is 3. The molecule has 0 aliphatic carbocycles. The molecule has 0 aliphatic heterocycles. The predicted octanol–water partition coefficient (Wildman–Crippen LogP) is 3.96. The van der Waals surface area contributed by atoms with Gasteiger partial charge in [-0.2, -0.15) is 13.8 Å². The Labute approximate surface area is 179 Å². The molecule has 0 atom stereocenters. The molecule has 11 heteroatoms. The largest absolute Gasteiger partial charge is 0.435 e. The predicted molar refractivity (Wildman–Crippen MR) is 112 cm³/mol. The Bertz CT molecular complexity index is 1250. The van der Waals surface area contributed by atoms with Crippen molar-refractivity contribution < 1.29 is 18.3 Å². The second kappa shape index (κ2) is 8.34.